The summed E-state index contributed by atoms with van der Waals surface area (Å²) in [4.78, 5) is 17.0. The number of hydrogen-bond donors (Lipinski definition) is 0. The molecule has 0 aromatic carbocycles. The van der Waals surface area contributed by atoms with E-state index in [0.29, 0.717) is 18.0 Å². The van der Waals surface area contributed by atoms with Crippen LogP contribution in [0, 0.1) is 10.1 Å². The minimum atomic E-state index is -0.354. The van der Waals surface area contributed by atoms with E-state index in [1.54, 1.807) is 12.3 Å². The van der Waals surface area contributed by atoms with Crippen LogP contribution in [0.25, 0.3) is 0 Å². The SMILES string of the molecule is O=[N+]([O-])c1cccnc1N1CCC(OC2CCCCC2)CC1. The van der Waals surface area contributed by atoms with E-state index in [1.165, 1.54) is 38.2 Å². The molecule has 1 saturated carbocycles. The van der Waals surface area contributed by atoms with Crippen molar-refractivity contribution < 1.29 is 9.66 Å². The van der Waals surface area contributed by atoms with Gasteiger partial charge in [-0.25, -0.2) is 4.98 Å². The lowest BCUT2D eigenvalue weighted by molar-refractivity contribution is -0.384. The maximum Gasteiger partial charge on any atom is 0.311 e. The van der Waals surface area contributed by atoms with Gasteiger partial charge in [-0.3, -0.25) is 10.1 Å². The van der Waals surface area contributed by atoms with Gasteiger partial charge in [0.2, 0.25) is 5.82 Å². The molecule has 0 spiro atoms. The number of anilines is 1. The van der Waals surface area contributed by atoms with Gasteiger partial charge >= 0.3 is 5.69 Å². The number of pyridine rings is 1. The van der Waals surface area contributed by atoms with Gasteiger partial charge in [0, 0.05) is 25.4 Å². The molecule has 1 aromatic rings. The van der Waals surface area contributed by atoms with E-state index in [4.69, 9.17) is 4.74 Å². The Hall–Kier alpha value is -1.69. The number of nitro groups is 1. The molecule has 2 aliphatic rings. The van der Waals surface area contributed by atoms with Crippen LogP contribution in [-0.2, 0) is 4.74 Å². The first-order valence-corrected chi connectivity index (χ1v) is 8.24. The Morgan fingerprint density at radius 2 is 1.82 bits per heavy atom. The fourth-order valence-electron chi connectivity index (χ4n) is 3.45. The van der Waals surface area contributed by atoms with Crippen LogP contribution in [0.3, 0.4) is 0 Å². The van der Waals surface area contributed by atoms with Gasteiger partial charge in [0.1, 0.15) is 0 Å². The first-order chi connectivity index (χ1) is 10.7. The van der Waals surface area contributed by atoms with Gasteiger partial charge in [-0.05, 0) is 31.7 Å². The molecular weight excluding hydrogens is 282 g/mol. The predicted molar refractivity (Wildman–Crippen MR) is 84.1 cm³/mol. The highest BCUT2D eigenvalue weighted by Crippen LogP contribution is 2.29. The van der Waals surface area contributed by atoms with Crippen LogP contribution in [0.1, 0.15) is 44.9 Å². The molecule has 0 unspecified atom stereocenters. The Labute approximate surface area is 130 Å². The Morgan fingerprint density at radius 3 is 2.50 bits per heavy atom. The predicted octanol–water partition coefficient (Wildman–Crippen LogP) is 3.31. The van der Waals surface area contributed by atoms with Crippen molar-refractivity contribution in [2.45, 2.75) is 57.2 Å². The van der Waals surface area contributed by atoms with Gasteiger partial charge in [-0.15, -0.1) is 0 Å². The lowest BCUT2D eigenvalue weighted by Gasteiger charge is -2.35. The summed E-state index contributed by atoms with van der Waals surface area (Å²) in [5.41, 5.74) is 0.0918. The molecule has 1 aliphatic heterocycles. The molecule has 120 valence electrons. The molecule has 0 atom stereocenters. The van der Waals surface area contributed by atoms with E-state index in [9.17, 15) is 10.1 Å². The molecular formula is C16H23N3O3. The first kappa shape index (κ1) is 15.2. The average Bonchev–Trinajstić information content (AvgIpc) is 2.56. The summed E-state index contributed by atoms with van der Waals surface area (Å²) in [5, 5.41) is 11.1. The van der Waals surface area contributed by atoms with Gasteiger partial charge in [-0.1, -0.05) is 19.3 Å². The van der Waals surface area contributed by atoms with E-state index in [-0.39, 0.29) is 10.6 Å². The second kappa shape index (κ2) is 7.05. The number of nitrogens with zero attached hydrogens (tertiary/aromatic N) is 3. The molecule has 1 aromatic heterocycles. The standard InChI is InChI=1S/C16H23N3O3/c20-19(21)15-7-4-10-17-16(15)18-11-8-14(9-12-18)22-13-5-2-1-3-6-13/h4,7,10,13-14H,1-3,5-6,8-9,11-12H2. The third kappa shape index (κ3) is 3.55. The van der Waals surface area contributed by atoms with Gasteiger partial charge in [0.15, 0.2) is 0 Å². The summed E-state index contributed by atoms with van der Waals surface area (Å²) in [6.07, 6.45) is 10.4. The smallest absolute Gasteiger partial charge is 0.311 e. The quantitative estimate of drug-likeness (QED) is 0.630. The molecule has 22 heavy (non-hydrogen) atoms. The van der Waals surface area contributed by atoms with Gasteiger partial charge < -0.3 is 9.64 Å². The molecule has 0 radical (unpaired) electrons. The van der Waals surface area contributed by atoms with Crippen molar-refractivity contribution in [3.05, 3.63) is 28.4 Å². The monoisotopic (exact) mass is 305 g/mol. The topological polar surface area (TPSA) is 68.5 Å². The van der Waals surface area contributed by atoms with E-state index >= 15 is 0 Å². The van der Waals surface area contributed by atoms with Crippen LogP contribution in [-0.4, -0.2) is 35.2 Å². The van der Waals surface area contributed by atoms with Gasteiger partial charge in [0.25, 0.3) is 0 Å². The average molecular weight is 305 g/mol. The van der Waals surface area contributed by atoms with Gasteiger partial charge in [-0.2, -0.15) is 0 Å². The van der Waals surface area contributed by atoms with Crippen molar-refractivity contribution in [1.29, 1.82) is 0 Å². The minimum Gasteiger partial charge on any atom is -0.375 e. The maximum atomic E-state index is 11.1. The zero-order chi connectivity index (χ0) is 15.4. The van der Waals surface area contributed by atoms with Crippen molar-refractivity contribution >= 4 is 11.5 Å². The normalized spacial score (nSPS) is 21.0. The summed E-state index contributed by atoms with van der Waals surface area (Å²) in [6, 6.07) is 3.13. The van der Waals surface area contributed by atoms with Crippen molar-refractivity contribution in [3.8, 4) is 0 Å². The highest BCUT2D eigenvalue weighted by atomic mass is 16.6. The fourth-order valence-corrected chi connectivity index (χ4v) is 3.45. The molecule has 6 heteroatoms. The van der Waals surface area contributed by atoms with Crippen LogP contribution in [0.2, 0.25) is 0 Å². The summed E-state index contributed by atoms with van der Waals surface area (Å²) in [6.45, 7) is 1.55. The highest BCUT2D eigenvalue weighted by Gasteiger charge is 2.27. The van der Waals surface area contributed by atoms with Crippen LogP contribution in [0.15, 0.2) is 18.3 Å². The highest BCUT2D eigenvalue weighted by molar-refractivity contribution is 5.57. The lowest BCUT2D eigenvalue weighted by atomic mass is 9.97. The minimum absolute atomic E-state index is 0.0918. The summed E-state index contributed by atoms with van der Waals surface area (Å²) < 4.78 is 6.21. The maximum absolute atomic E-state index is 11.1. The number of aromatic nitrogens is 1. The lowest BCUT2D eigenvalue weighted by Crippen LogP contribution is -2.39. The largest absolute Gasteiger partial charge is 0.375 e. The van der Waals surface area contributed by atoms with Crippen molar-refractivity contribution in [2.75, 3.05) is 18.0 Å². The Balaban J connectivity index is 1.56. The van der Waals surface area contributed by atoms with Crippen LogP contribution in [0.4, 0.5) is 11.5 Å². The molecule has 2 fully saturated rings. The first-order valence-electron chi connectivity index (χ1n) is 8.24. The molecule has 0 amide bonds. The molecule has 1 saturated heterocycles. The summed E-state index contributed by atoms with van der Waals surface area (Å²) >= 11 is 0. The van der Waals surface area contributed by atoms with E-state index < -0.39 is 0 Å². The Kier molecular flexibility index (Phi) is 4.87. The summed E-state index contributed by atoms with van der Waals surface area (Å²) in [5.74, 6) is 0.489. The van der Waals surface area contributed by atoms with Crippen molar-refractivity contribution in [3.63, 3.8) is 0 Å². The number of piperidine rings is 1. The number of hydrogen-bond acceptors (Lipinski definition) is 5. The fraction of sp³-hybridized carbons (Fsp3) is 0.688. The van der Waals surface area contributed by atoms with Gasteiger partial charge in [0.05, 0.1) is 17.1 Å². The molecule has 6 nitrogen and oxygen atoms in total. The van der Waals surface area contributed by atoms with Crippen LogP contribution >= 0.6 is 0 Å². The second-order valence-corrected chi connectivity index (χ2v) is 6.19. The Bertz CT molecular complexity index is 509. The van der Waals surface area contributed by atoms with E-state index in [0.717, 1.165) is 25.9 Å². The van der Waals surface area contributed by atoms with Crippen LogP contribution < -0.4 is 4.90 Å². The second-order valence-electron chi connectivity index (χ2n) is 6.19. The molecule has 0 N–H and O–H groups in total. The third-order valence-electron chi connectivity index (χ3n) is 4.64. The molecule has 1 aliphatic carbocycles. The summed E-state index contributed by atoms with van der Waals surface area (Å²) in [7, 11) is 0. The zero-order valence-corrected chi connectivity index (χ0v) is 12.8. The molecule has 2 heterocycles. The molecule has 0 bridgehead atoms. The van der Waals surface area contributed by atoms with E-state index in [1.807, 2.05) is 4.90 Å². The number of ether oxygens (including phenoxy) is 1. The van der Waals surface area contributed by atoms with Crippen molar-refractivity contribution in [1.82, 2.24) is 4.98 Å². The van der Waals surface area contributed by atoms with Crippen LogP contribution in [0.5, 0.6) is 0 Å². The molecule has 3 rings (SSSR count). The number of rotatable bonds is 4. The third-order valence-corrected chi connectivity index (χ3v) is 4.64. The zero-order valence-electron chi connectivity index (χ0n) is 12.8. The van der Waals surface area contributed by atoms with Crippen molar-refractivity contribution in [2.24, 2.45) is 0 Å². The Morgan fingerprint density at radius 1 is 1.14 bits per heavy atom. The van der Waals surface area contributed by atoms with E-state index in [2.05, 4.69) is 4.98 Å².